The van der Waals surface area contributed by atoms with E-state index >= 15 is 0 Å². The fourth-order valence-corrected chi connectivity index (χ4v) is 3.35. The molecule has 1 aromatic rings. The molecule has 94 valence electrons. The van der Waals surface area contributed by atoms with Crippen LogP contribution in [0.2, 0.25) is 0 Å². The first-order valence-electron chi connectivity index (χ1n) is 5.45. The van der Waals surface area contributed by atoms with E-state index in [1.165, 1.54) is 6.07 Å². The van der Waals surface area contributed by atoms with Gasteiger partial charge in [-0.1, -0.05) is 6.92 Å². The van der Waals surface area contributed by atoms with Gasteiger partial charge in [0.05, 0.1) is 4.90 Å². The van der Waals surface area contributed by atoms with Gasteiger partial charge in [0.2, 0.25) is 10.0 Å². The second kappa shape index (κ2) is 4.27. The topological polar surface area (TPSA) is 72.2 Å². The van der Waals surface area contributed by atoms with E-state index in [2.05, 4.69) is 11.6 Å². The van der Waals surface area contributed by atoms with Crippen molar-refractivity contribution in [2.45, 2.75) is 30.7 Å². The number of sulfonamides is 1. The van der Waals surface area contributed by atoms with Crippen LogP contribution in [-0.4, -0.2) is 14.5 Å². The molecule has 0 unspecified atom stereocenters. The van der Waals surface area contributed by atoms with Gasteiger partial charge in [-0.2, -0.15) is 0 Å². The predicted octanol–water partition coefficient (Wildman–Crippen LogP) is 1.48. The number of nitrogens with one attached hydrogen (secondary N) is 1. The number of anilines is 1. The molecule has 0 saturated heterocycles. The number of hydrogen-bond donors (Lipinski definition) is 2. The SMILES string of the molecule is CC1CC(NS(=O)(=O)c2cc(N)cc(F)c2)C1. The van der Waals surface area contributed by atoms with E-state index < -0.39 is 15.8 Å². The molecule has 1 aliphatic rings. The average molecular weight is 258 g/mol. The number of halogens is 1. The molecule has 17 heavy (non-hydrogen) atoms. The first kappa shape index (κ1) is 12.3. The van der Waals surface area contributed by atoms with Crippen molar-refractivity contribution < 1.29 is 12.8 Å². The van der Waals surface area contributed by atoms with Gasteiger partial charge in [0.25, 0.3) is 0 Å². The maximum atomic E-state index is 13.1. The summed E-state index contributed by atoms with van der Waals surface area (Å²) in [5.74, 6) is -0.104. The van der Waals surface area contributed by atoms with Gasteiger partial charge in [0, 0.05) is 11.7 Å². The highest BCUT2D eigenvalue weighted by Crippen LogP contribution is 2.28. The van der Waals surface area contributed by atoms with Crippen LogP contribution in [-0.2, 0) is 10.0 Å². The van der Waals surface area contributed by atoms with Gasteiger partial charge < -0.3 is 5.73 Å². The number of nitrogen functional groups attached to an aromatic ring is 1. The Labute approximate surface area is 100 Å². The summed E-state index contributed by atoms with van der Waals surface area (Å²) in [6, 6.07) is 3.28. The normalized spacial score (nSPS) is 24.4. The first-order chi connectivity index (χ1) is 7.87. The quantitative estimate of drug-likeness (QED) is 0.807. The van der Waals surface area contributed by atoms with E-state index in [-0.39, 0.29) is 16.6 Å². The highest BCUT2D eigenvalue weighted by atomic mass is 32.2. The summed E-state index contributed by atoms with van der Waals surface area (Å²) in [5.41, 5.74) is 5.53. The zero-order valence-corrected chi connectivity index (χ0v) is 10.3. The molecule has 2 rings (SSSR count). The van der Waals surface area contributed by atoms with Gasteiger partial charge in [-0.3, -0.25) is 0 Å². The molecule has 3 N–H and O–H groups in total. The smallest absolute Gasteiger partial charge is 0.240 e. The number of rotatable bonds is 3. The predicted molar refractivity (Wildman–Crippen MR) is 63.3 cm³/mol. The third-order valence-corrected chi connectivity index (χ3v) is 4.40. The maximum Gasteiger partial charge on any atom is 0.240 e. The van der Waals surface area contributed by atoms with Crippen molar-refractivity contribution in [1.29, 1.82) is 0 Å². The monoisotopic (exact) mass is 258 g/mol. The largest absolute Gasteiger partial charge is 0.399 e. The molecule has 0 radical (unpaired) electrons. The van der Waals surface area contributed by atoms with Crippen LogP contribution in [0.4, 0.5) is 10.1 Å². The van der Waals surface area contributed by atoms with E-state index in [1.54, 1.807) is 0 Å². The van der Waals surface area contributed by atoms with Gasteiger partial charge in [0.1, 0.15) is 5.82 Å². The van der Waals surface area contributed by atoms with Crippen LogP contribution in [0.5, 0.6) is 0 Å². The molecule has 1 saturated carbocycles. The molecular formula is C11H15FN2O2S. The summed E-state index contributed by atoms with van der Waals surface area (Å²) in [6.45, 7) is 2.06. The molecule has 6 heteroatoms. The van der Waals surface area contributed by atoms with Crippen molar-refractivity contribution in [1.82, 2.24) is 4.72 Å². The molecule has 0 bridgehead atoms. The fraction of sp³-hybridized carbons (Fsp3) is 0.455. The lowest BCUT2D eigenvalue weighted by atomic mass is 9.83. The van der Waals surface area contributed by atoms with Crippen LogP contribution in [0.25, 0.3) is 0 Å². The molecule has 0 heterocycles. The molecular weight excluding hydrogens is 243 g/mol. The molecule has 1 aromatic carbocycles. The minimum absolute atomic E-state index is 0.0421. The first-order valence-corrected chi connectivity index (χ1v) is 6.93. The number of hydrogen-bond acceptors (Lipinski definition) is 3. The Morgan fingerprint density at radius 1 is 1.35 bits per heavy atom. The Bertz CT molecular complexity index is 504. The number of benzene rings is 1. The van der Waals surface area contributed by atoms with Gasteiger partial charge >= 0.3 is 0 Å². The molecule has 0 atom stereocenters. The second-order valence-electron chi connectivity index (χ2n) is 4.62. The van der Waals surface area contributed by atoms with E-state index in [4.69, 9.17) is 5.73 Å². The molecule has 1 fully saturated rings. The summed E-state index contributed by atoms with van der Waals surface area (Å²) in [7, 11) is -3.66. The molecule has 0 aliphatic heterocycles. The molecule has 0 aromatic heterocycles. The highest BCUT2D eigenvalue weighted by molar-refractivity contribution is 7.89. The van der Waals surface area contributed by atoms with E-state index in [0.29, 0.717) is 5.92 Å². The summed E-state index contributed by atoms with van der Waals surface area (Å²) < 4.78 is 39.5. The molecule has 0 spiro atoms. The van der Waals surface area contributed by atoms with Crippen LogP contribution in [0.15, 0.2) is 23.1 Å². The Balaban J connectivity index is 2.19. The lowest BCUT2D eigenvalue weighted by molar-refractivity contribution is 0.270. The lowest BCUT2D eigenvalue weighted by Gasteiger charge is -2.32. The molecule has 1 aliphatic carbocycles. The van der Waals surface area contributed by atoms with Crippen molar-refractivity contribution in [3.05, 3.63) is 24.0 Å². The van der Waals surface area contributed by atoms with Crippen LogP contribution in [0, 0.1) is 11.7 Å². The summed E-state index contributed by atoms with van der Waals surface area (Å²) in [4.78, 5) is -0.116. The van der Waals surface area contributed by atoms with Crippen molar-refractivity contribution in [3.63, 3.8) is 0 Å². The van der Waals surface area contributed by atoms with Crippen molar-refractivity contribution in [3.8, 4) is 0 Å². The zero-order chi connectivity index (χ0) is 12.6. The minimum Gasteiger partial charge on any atom is -0.399 e. The Morgan fingerprint density at radius 3 is 2.53 bits per heavy atom. The van der Waals surface area contributed by atoms with E-state index in [1.807, 2.05) is 0 Å². The Kier molecular flexibility index (Phi) is 3.09. The fourth-order valence-electron chi connectivity index (χ4n) is 2.03. The zero-order valence-electron chi connectivity index (χ0n) is 9.48. The van der Waals surface area contributed by atoms with Crippen LogP contribution >= 0.6 is 0 Å². The second-order valence-corrected chi connectivity index (χ2v) is 6.33. The third-order valence-electron chi connectivity index (χ3n) is 2.90. The highest BCUT2D eigenvalue weighted by Gasteiger charge is 2.30. The molecule has 0 amide bonds. The summed E-state index contributed by atoms with van der Waals surface area (Å²) in [5, 5.41) is 0. The average Bonchev–Trinajstić information content (AvgIpc) is 2.13. The maximum absolute atomic E-state index is 13.1. The van der Waals surface area contributed by atoms with Crippen LogP contribution in [0.1, 0.15) is 19.8 Å². The summed E-state index contributed by atoms with van der Waals surface area (Å²) >= 11 is 0. The Hall–Kier alpha value is -1.14. The summed E-state index contributed by atoms with van der Waals surface area (Å²) in [6.07, 6.45) is 1.65. The van der Waals surface area contributed by atoms with Gasteiger partial charge in [-0.05, 0) is 37.0 Å². The van der Waals surface area contributed by atoms with Crippen molar-refractivity contribution in [2.75, 3.05) is 5.73 Å². The van der Waals surface area contributed by atoms with Gasteiger partial charge in [-0.15, -0.1) is 0 Å². The van der Waals surface area contributed by atoms with Crippen molar-refractivity contribution >= 4 is 15.7 Å². The molecule has 4 nitrogen and oxygen atoms in total. The minimum atomic E-state index is -3.66. The van der Waals surface area contributed by atoms with Gasteiger partial charge in [0.15, 0.2) is 0 Å². The lowest BCUT2D eigenvalue weighted by Crippen LogP contribution is -2.43. The van der Waals surface area contributed by atoms with Crippen molar-refractivity contribution in [2.24, 2.45) is 5.92 Å². The van der Waals surface area contributed by atoms with E-state index in [9.17, 15) is 12.8 Å². The van der Waals surface area contributed by atoms with Crippen LogP contribution < -0.4 is 10.5 Å². The number of nitrogens with two attached hydrogens (primary N) is 1. The Morgan fingerprint density at radius 2 is 2.00 bits per heavy atom. The van der Waals surface area contributed by atoms with E-state index in [0.717, 1.165) is 25.0 Å². The van der Waals surface area contributed by atoms with Gasteiger partial charge in [-0.25, -0.2) is 17.5 Å². The van der Waals surface area contributed by atoms with Crippen LogP contribution in [0.3, 0.4) is 0 Å². The third kappa shape index (κ3) is 2.76. The standard InChI is InChI=1S/C11H15FN2O2S/c1-7-2-10(3-7)14-17(15,16)11-5-8(12)4-9(13)6-11/h4-7,10,14H,2-3,13H2,1H3.